The number of rotatable bonds is 9. The van der Waals surface area contributed by atoms with E-state index in [9.17, 15) is 4.79 Å². The number of carbonyl (C=O) groups excluding carboxylic acids is 1. The Morgan fingerprint density at radius 2 is 1.83 bits per heavy atom. The van der Waals surface area contributed by atoms with E-state index in [1.165, 1.54) is 17.3 Å². The third kappa shape index (κ3) is 5.52. The number of nitrogens with zero attached hydrogens (tertiary/aromatic N) is 1. The van der Waals surface area contributed by atoms with Gasteiger partial charge in [0.25, 0.3) is 5.91 Å². The second kappa shape index (κ2) is 10.5. The molecule has 1 saturated heterocycles. The van der Waals surface area contributed by atoms with Crippen LogP contribution < -0.4 is 9.47 Å². The Kier molecular flexibility index (Phi) is 7.71. The number of aryl methyl sites for hydroxylation is 2. The van der Waals surface area contributed by atoms with Crippen molar-refractivity contribution >= 4 is 40.3 Å². The number of hydrogen-bond donors (Lipinski definition) is 0. The molecule has 0 aliphatic carbocycles. The van der Waals surface area contributed by atoms with Crippen molar-refractivity contribution in [2.75, 3.05) is 19.8 Å². The minimum absolute atomic E-state index is 0.0958. The highest BCUT2D eigenvalue weighted by Crippen LogP contribution is 2.34. The van der Waals surface area contributed by atoms with E-state index >= 15 is 0 Å². The van der Waals surface area contributed by atoms with Crippen molar-refractivity contribution in [2.24, 2.45) is 0 Å². The summed E-state index contributed by atoms with van der Waals surface area (Å²) in [5, 5.41) is 0. The van der Waals surface area contributed by atoms with Gasteiger partial charge in [-0.3, -0.25) is 9.69 Å². The molecule has 0 aromatic heterocycles. The van der Waals surface area contributed by atoms with Crippen LogP contribution in [0.2, 0.25) is 0 Å². The number of amides is 1. The van der Waals surface area contributed by atoms with Gasteiger partial charge in [0.05, 0.1) is 18.1 Å². The first-order valence-corrected chi connectivity index (χ1v) is 11.0. The largest absolute Gasteiger partial charge is 0.493 e. The first kappa shape index (κ1) is 22.1. The standard InChI is InChI=1S/C24H25NO3S2/c1-4-12-25-23(26)22(30-24(25)29)16-19-8-5-6-9-21(19)28-14-7-13-27-20-11-10-17(2)15-18(20)3/h4-6,8-11,15-16H,1,7,12-14H2,2-3H3. The lowest BCUT2D eigenvalue weighted by atomic mass is 10.1. The van der Waals surface area contributed by atoms with Crippen LogP contribution in [0.25, 0.3) is 6.08 Å². The normalized spacial score (nSPS) is 15.0. The molecule has 1 aliphatic heterocycles. The number of thiocarbonyl (C=S) groups is 1. The van der Waals surface area contributed by atoms with Gasteiger partial charge in [0, 0.05) is 18.5 Å². The second-order valence-electron chi connectivity index (χ2n) is 6.94. The summed E-state index contributed by atoms with van der Waals surface area (Å²) in [4.78, 5) is 14.7. The predicted molar refractivity (Wildman–Crippen MR) is 128 cm³/mol. The predicted octanol–water partition coefficient (Wildman–Crippen LogP) is 5.54. The van der Waals surface area contributed by atoms with Crippen LogP contribution in [0.1, 0.15) is 23.1 Å². The summed E-state index contributed by atoms with van der Waals surface area (Å²) in [6.45, 7) is 9.31. The summed E-state index contributed by atoms with van der Waals surface area (Å²) >= 11 is 6.60. The quantitative estimate of drug-likeness (QED) is 0.222. The molecular weight excluding hydrogens is 414 g/mol. The zero-order chi connectivity index (χ0) is 21.5. The number of carbonyl (C=O) groups is 1. The number of hydrogen-bond acceptors (Lipinski definition) is 5. The summed E-state index contributed by atoms with van der Waals surface area (Å²) in [5.41, 5.74) is 3.21. The maximum absolute atomic E-state index is 12.5. The van der Waals surface area contributed by atoms with Crippen molar-refractivity contribution in [3.05, 3.63) is 76.7 Å². The van der Waals surface area contributed by atoms with Crippen molar-refractivity contribution in [1.82, 2.24) is 4.90 Å². The van der Waals surface area contributed by atoms with Gasteiger partial charge in [-0.1, -0.05) is 66.0 Å². The van der Waals surface area contributed by atoms with E-state index in [-0.39, 0.29) is 5.91 Å². The van der Waals surface area contributed by atoms with Gasteiger partial charge in [0.2, 0.25) is 0 Å². The average molecular weight is 440 g/mol. The fraction of sp³-hybridized carbons (Fsp3) is 0.250. The van der Waals surface area contributed by atoms with Crippen LogP contribution in [-0.2, 0) is 4.79 Å². The van der Waals surface area contributed by atoms with E-state index < -0.39 is 0 Å². The van der Waals surface area contributed by atoms with Gasteiger partial charge in [-0.2, -0.15) is 0 Å². The van der Waals surface area contributed by atoms with Crippen molar-refractivity contribution in [3.8, 4) is 11.5 Å². The fourth-order valence-corrected chi connectivity index (χ4v) is 4.31. The van der Waals surface area contributed by atoms with Crippen LogP contribution in [0.3, 0.4) is 0 Å². The molecule has 6 heteroatoms. The Balaban J connectivity index is 1.57. The topological polar surface area (TPSA) is 38.8 Å². The molecule has 0 unspecified atom stereocenters. The average Bonchev–Trinajstić information content (AvgIpc) is 2.98. The van der Waals surface area contributed by atoms with Gasteiger partial charge in [-0.05, 0) is 37.6 Å². The number of benzene rings is 2. The van der Waals surface area contributed by atoms with Crippen LogP contribution >= 0.6 is 24.0 Å². The van der Waals surface area contributed by atoms with E-state index in [0.29, 0.717) is 29.0 Å². The summed E-state index contributed by atoms with van der Waals surface area (Å²) in [7, 11) is 0. The number of thioether (sulfide) groups is 1. The molecule has 2 aromatic carbocycles. The van der Waals surface area contributed by atoms with Gasteiger partial charge in [-0.15, -0.1) is 6.58 Å². The highest BCUT2D eigenvalue weighted by Gasteiger charge is 2.31. The minimum atomic E-state index is -0.0958. The molecule has 0 atom stereocenters. The summed E-state index contributed by atoms with van der Waals surface area (Å²) in [6.07, 6.45) is 4.26. The van der Waals surface area contributed by atoms with Crippen molar-refractivity contribution in [2.45, 2.75) is 20.3 Å². The molecule has 0 saturated carbocycles. The number of para-hydroxylation sites is 1. The minimum Gasteiger partial charge on any atom is -0.493 e. The lowest BCUT2D eigenvalue weighted by molar-refractivity contribution is -0.121. The molecule has 1 fully saturated rings. The molecule has 0 spiro atoms. The molecule has 0 N–H and O–H groups in total. The van der Waals surface area contributed by atoms with Crippen molar-refractivity contribution in [1.29, 1.82) is 0 Å². The Bertz CT molecular complexity index is 984. The third-order valence-electron chi connectivity index (χ3n) is 4.53. The van der Waals surface area contributed by atoms with Crippen LogP contribution in [0.5, 0.6) is 11.5 Å². The molecule has 1 heterocycles. The highest BCUT2D eigenvalue weighted by atomic mass is 32.2. The zero-order valence-electron chi connectivity index (χ0n) is 17.2. The van der Waals surface area contributed by atoms with Crippen LogP contribution in [-0.4, -0.2) is 34.9 Å². The van der Waals surface area contributed by atoms with Gasteiger partial charge in [0.15, 0.2) is 0 Å². The molecular formula is C24H25NO3S2. The second-order valence-corrected chi connectivity index (χ2v) is 8.61. The Hall–Kier alpha value is -2.57. The SMILES string of the molecule is C=CCN1C(=O)C(=Cc2ccccc2OCCCOc2ccc(C)cc2C)SC1=S. The maximum Gasteiger partial charge on any atom is 0.266 e. The highest BCUT2D eigenvalue weighted by molar-refractivity contribution is 8.26. The number of ether oxygens (including phenoxy) is 2. The van der Waals surface area contributed by atoms with Crippen LogP contribution in [0.4, 0.5) is 0 Å². The van der Waals surface area contributed by atoms with E-state index in [4.69, 9.17) is 21.7 Å². The van der Waals surface area contributed by atoms with E-state index in [1.807, 2.05) is 49.4 Å². The van der Waals surface area contributed by atoms with Crippen molar-refractivity contribution < 1.29 is 14.3 Å². The summed E-state index contributed by atoms with van der Waals surface area (Å²) in [6, 6.07) is 13.8. The molecule has 3 rings (SSSR count). The molecule has 0 bridgehead atoms. The van der Waals surface area contributed by atoms with Crippen molar-refractivity contribution in [3.63, 3.8) is 0 Å². The zero-order valence-corrected chi connectivity index (χ0v) is 18.9. The monoisotopic (exact) mass is 439 g/mol. The molecule has 156 valence electrons. The van der Waals surface area contributed by atoms with Gasteiger partial charge < -0.3 is 9.47 Å². The van der Waals surface area contributed by atoms with Gasteiger partial charge in [0.1, 0.15) is 15.8 Å². The maximum atomic E-state index is 12.5. The smallest absolute Gasteiger partial charge is 0.266 e. The molecule has 0 radical (unpaired) electrons. The Labute approximate surface area is 187 Å². The third-order valence-corrected chi connectivity index (χ3v) is 5.90. The lowest BCUT2D eigenvalue weighted by Gasteiger charge is -2.12. The fourth-order valence-electron chi connectivity index (χ4n) is 3.04. The lowest BCUT2D eigenvalue weighted by Crippen LogP contribution is -2.27. The molecule has 1 amide bonds. The van der Waals surface area contributed by atoms with Gasteiger partial charge in [-0.25, -0.2) is 0 Å². The molecule has 4 nitrogen and oxygen atoms in total. The van der Waals surface area contributed by atoms with Crippen LogP contribution in [0.15, 0.2) is 60.0 Å². The van der Waals surface area contributed by atoms with E-state index in [2.05, 4.69) is 19.6 Å². The molecule has 2 aromatic rings. The summed E-state index contributed by atoms with van der Waals surface area (Å²) in [5.74, 6) is 1.54. The Morgan fingerprint density at radius 1 is 1.10 bits per heavy atom. The van der Waals surface area contributed by atoms with Gasteiger partial charge >= 0.3 is 0 Å². The van der Waals surface area contributed by atoms with Crippen LogP contribution in [0, 0.1) is 13.8 Å². The first-order chi connectivity index (χ1) is 14.5. The molecule has 1 aliphatic rings. The van der Waals surface area contributed by atoms with E-state index in [0.717, 1.165) is 29.0 Å². The summed E-state index contributed by atoms with van der Waals surface area (Å²) < 4.78 is 12.4. The Morgan fingerprint density at radius 3 is 2.57 bits per heavy atom. The van der Waals surface area contributed by atoms with E-state index in [1.54, 1.807) is 11.0 Å². The first-order valence-electron chi connectivity index (χ1n) is 9.77. The molecule has 30 heavy (non-hydrogen) atoms.